The number of nitrogens with one attached hydrogen (secondary N) is 1. The van der Waals surface area contributed by atoms with Gasteiger partial charge in [-0.2, -0.15) is 5.10 Å². The molecule has 6 heteroatoms. The lowest BCUT2D eigenvalue weighted by atomic mass is 9.85. The highest BCUT2D eigenvalue weighted by Crippen LogP contribution is 2.38. The molecule has 0 amide bonds. The number of nitrogens with zero attached hydrogens (tertiary/aromatic N) is 3. The molecule has 2 aliphatic rings. The molecule has 100 valence electrons. The van der Waals surface area contributed by atoms with Gasteiger partial charge in [-0.25, -0.2) is 4.98 Å². The van der Waals surface area contributed by atoms with Crippen molar-refractivity contribution < 1.29 is 9.47 Å². The number of aryl methyl sites for hydroxylation is 1. The third kappa shape index (κ3) is 2.15. The second kappa shape index (κ2) is 4.95. The van der Waals surface area contributed by atoms with Crippen LogP contribution in [0.5, 0.6) is 0 Å². The Kier molecular flexibility index (Phi) is 3.32. The van der Waals surface area contributed by atoms with Gasteiger partial charge in [-0.1, -0.05) is 0 Å². The SMILES string of the molecule is Cn1cnc(C2NCCOC23CCCOCC3)n1. The molecule has 0 bridgehead atoms. The van der Waals surface area contributed by atoms with Crippen LogP contribution in [0.4, 0.5) is 0 Å². The lowest BCUT2D eigenvalue weighted by molar-refractivity contribution is -0.110. The second-order valence-corrected chi connectivity index (χ2v) is 5.04. The zero-order valence-corrected chi connectivity index (χ0v) is 10.8. The molecular formula is C12H20N4O2. The van der Waals surface area contributed by atoms with Crippen LogP contribution in [-0.2, 0) is 16.5 Å². The Labute approximate surface area is 107 Å². The van der Waals surface area contributed by atoms with Gasteiger partial charge in [0.25, 0.3) is 0 Å². The van der Waals surface area contributed by atoms with Gasteiger partial charge in [0.05, 0.1) is 18.2 Å². The molecule has 1 aromatic heterocycles. The molecule has 3 rings (SSSR count). The van der Waals surface area contributed by atoms with Crippen LogP contribution in [0.2, 0.25) is 0 Å². The highest BCUT2D eigenvalue weighted by Gasteiger charge is 2.45. The Bertz CT molecular complexity index is 399. The molecule has 2 fully saturated rings. The second-order valence-electron chi connectivity index (χ2n) is 5.04. The van der Waals surface area contributed by atoms with Crippen LogP contribution < -0.4 is 5.32 Å². The Morgan fingerprint density at radius 3 is 3.17 bits per heavy atom. The van der Waals surface area contributed by atoms with Gasteiger partial charge in [0.2, 0.25) is 0 Å². The highest BCUT2D eigenvalue weighted by molar-refractivity contribution is 5.06. The van der Waals surface area contributed by atoms with E-state index in [1.54, 1.807) is 11.0 Å². The minimum absolute atomic E-state index is 0.0779. The number of rotatable bonds is 1. The van der Waals surface area contributed by atoms with Crippen molar-refractivity contribution in [2.75, 3.05) is 26.4 Å². The topological polar surface area (TPSA) is 61.2 Å². The van der Waals surface area contributed by atoms with Crippen LogP contribution in [0.3, 0.4) is 0 Å². The molecule has 18 heavy (non-hydrogen) atoms. The maximum absolute atomic E-state index is 6.13. The van der Waals surface area contributed by atoms with Crippen LogP contribution >= 0.6 is 0 Å². The van der Waals surface area contributed by atoms with Crippen molar-refractivity contribution in [3.05, 3.63) is 12.2 Å². The number of ether oxygens (including phenoxy) is 2. The smallest absolute Gasteiger partial charge is 0.170 e. The van der Waals surface area contributed by atoms with E-state index in [2.05, 4.69) is 15.4 Å². The van der Waals surface area contributed by atoms with E-state index >= 15 is 0 Å². The minimum atomic E-state index is -0.198. The molecule has 2 aliphatic heterocycles. The molecule has 0 saturated carbocycles. The van der Waals surface area contributed by atoms with E-state index in [1.807, 2.05) is 7.05 Å². The average Bonchev–Trinajstić information content (AvgIpc) is 2.67. The molecule has 1 aromatic rings. The van der Waals surface area contributed by atoms with E-state index < -0.39 is 0 Å². The highest BCUT2D eigenvalue weighted by atomic mass is 16.5. The summed E-state index contributed by atoms with van der Waals surface area (Å²) in [5, 5.41) is 7.95. The summed E-state index contributed by atoms with van der Waals surface area (Å²) in [4.78, 5) is 4.39. The van der Waals surface area contributed by atoms with E-state index in [4.69, 9.17) is 9.47 Å². The monoisotopic (exact) mass is 252 g/mol. The summed E-state index contributed by atoms with van der Waals surface area (Å²) in [7, 11) is 1.89. The lowest BCUT2D eigenvalue weighted by Gasteiger charge is -2.42. The molecule has 2 saturated heterocycles. The molecule has 3 heterocycles. The molecule has 1 N–H and O–H groups in total. The molecule has 0 radical (unpaired) electrons. The fourth-order valence-electron chi connectivity index (χ4n) is 2.92. The Morgan fingerprint density at radius 1 is 1.39 bits per heavy atom. The van der Waals surface area contributed by atoms with Crippen LogP contribution in [0, 0.1) is 0 Å². The first-order valence-corrected chi connectivity index (χ1v) is 6.61. The Hall–Kier alpha value is -0.980. The van der Waals surface area contributed by atoms with Crippen LogP contribution in [0.1, 0.15) is 31.1 Å². The summed E-state index contributed by atoms with van der Waals surface area (Å²) >= 11 is 0. The van der Waals surface area contributed by atoms with Gasteiger partial charge in [0.15, 0.2) is 5.82 Å². The first-order chi connectivity index (χ1) is 8.80. The van der Waals surface area contributed by atoms with Crippen molar-refractivity contribution in [1.82, 2.24) is 20.1 Å². The third-order valence-corrected chi connectivity index (χ3v) is 3.80. The summed E-state index contributed by atoms with van der Waals surface area (Å²) < 4.78 is 13.4. The third-order valence-electron chi connectivity index (χ3n) is 3.80. The number of hydrogen-bond acceptors (Lipinski definition) is 5. The molecule has 0 aromatic carbocycles. The quantitative estimate of drug-likeness (QED) is 0.784. The van der Waals surface area contributed by atoms with Gasteiger partial charge in [-0.15, -0.1) is 0 Å². The van der Waals surface area contributed by atoms with Crippen molar-refractivity contribution in [2.24, 2.45) is 7.05 Å². The standard InChI is InChI=1S/C12H20N4O2/c1-16-9-14-11(15-16)10-12(18-8-5-13-10)3-2-6-17-7-4-12/h9-10,13H,2-8H2,1H3. The van der Waals surface area contributed by atoms with Gasteiger partial charge in [-0.3, -0.25) is 4.68 Å². The summed E-state index contributed by atoms with van der Waals surface area (Å²) in [5.74, 6) is 0.833. The van der Waals surface area contributed by atoms with Crippen molar-refractivity contribution in [3.63, 3.8) is 0 Å². The zero-order valence-electron chi connectivity index (χ0n) is 10.8. The average molecular weight is 252 g/mol. The molecule has 0 aliphatic carbocycles. The van der Waals surface area contributed by atoms with Crippen molar-refractivity contribution in [1.29, 1.82) is 0 Å². The first-order valence-electron chi connectivity index (χ1n) is 6.61. The molecule has 2 unspecified atom stereocenters. The fraction of sp³-hybridized carbons (Fsp3) is 0.833. The Morgan fingerprint density at radius 2 is 2.33 bits per heavy atom. The summed E-state index contributed by atoms with van der Waals surface area (Å²) in [6.07, 6.45) is 4.68. The van der Waals surface area contributed by atoms with E-state index in [1.165, 1.54) is 0 Å². The number of hydrogen-bond donors (Lipinski definition) is 1. The van der Waals surface area contributed by atoms with E-state index in [9.17, 15) is 0 Å². The Balaban J connectivity index is 1.88. The van der Waals surface area contributed by atoms with Crippen LogP contribution in [-0.4, -0.2) is 46.7 Å². The lowest BCUT2D eigenvalue weighted by Crippen LogP contribution is -2.52. The first kappa shape index (κ1) is 12.1. The largest absolute Gasteiger partial charge is 0.381 e. The minimum Gasteiger partial charge on any atom is -0.381 e. The van der Waals surface area contributed by atoms with Crippen LogP contribution in [0.15, 0.2) is 6.33 Å². The van der Waals surface area contributed by atoms with Gasteiger partial charge in [0, 0.05) is 33.2 Å². The maximum Gasteiger partial charge on any atom is 0.170 e. The molecule has 6 nitrogen and oxygen atoms in total. The predicted octanol–water partition coefficient (Wildman–Crippen LogP) is 0.415. The molecular weight excluding hydrogens is 232 g/mol. The zero-order chi connectivity index (χ0) is 12.4. The predicted molar refractivity (Wildman–Crippen MR) is 65.1 cm³/mol. The summed E-state index contributed by atoms with van der Waals surface area (Å²) in [5.41, 5.74) is -0.198. The number of aromatic nitrogens is 3. The van der Waals surface area contributed by atoms with E-state index in [0.717, 1.165) is 51.5 Å². The van der Waals surface area contributed by atoms with Gasteiger partial charge in [-0.05, 0) is 12.8 Å². The van der Waals surface area contributed by atoms with E-state index in [0.29, 0.717) is 0 Å². The molecule has 1 spiro atoms. The van der Waals surface area contributed by atoms with Crippen LogP contribution in [0.25, 0.3) is 0 Å². The van der Waals surface area contributed by atoms with Gasteiger partial charge in [0.1, 0.15) is 6.33 Å². The number of morpholine rings is 1. The van der Waals surface area contributed by atoms with Crippen molar-refractivity contribution >= 4 is 0 Å². The summed E-state index contributed by atoms with van der Waals surface area (Å²) in [6.45, 7) is 3.19. The fourth-order valence-corrected chi connectivity index (χ4v) is 2.92. The van der Waals surface area contributed by atoms with Crippen molar-refractivity contribution in [3.8, 4) is 0 Å². The normalized spacial score (nSPS) is 33.5. The van der Waals surface area contributed by atoms with Gasteiger partial charge >= 0.3 is 0 Å². The molecule has 2 atom stereocenters. The maximum atomic E-state index is 6.13. The van der Waals surface area contributed by atoms with Gasteiger partial charge < -0.3 is 14.8 Å². The summed E-state index contributed by atoms with van der Waals surface area (Å²) in [6, 6.07) is 0.0779. The van der Waals surface area contributed by atoms with E-state index in [-0.39, 0.29) is 11.6 Å². The van der Waals surface area contributed by atoms with Crippen molar-refractivity contribution in [2.45, 2.75) is 30.9 Å².